The lowest BCUT2D eigenvalue weighted by Crippen LogP contribution is -2.60. The van der Waals surface area contributed by atoms with Crippen LogP contribution >= 0.6 is 0 Å². The molecule has 42 heavy (non-hydrogen) atoms. The van der Waals surface area contributed by atoms with E-state index in [4.69, 9.17) is 0 Å². The molecule has 4 aromatic rings. The van der Waals surface area contributed by atoms with Crippen LogP contribution < -0.4 is 0 Å². The van der Waals surface area contributed by atoms with Gasteiger partial charge in [-0.1, -0.05) is 24.3 Å². The number of carbonyl (C=O) groups excluding carboxylic acids is 1. The molecule has 2 aromatic heterocycles. The molecule has 0 atom stereocenters. The van der Waals surface area contributed by atoms with E-state index in [0.717, 1.165) is 12.3 Å². The number of piperazine rings is 1. The molecule has 0 spiro atoms. The largest absolute Gasteiger partial charge is 0.433 e. The van der Waals surface area contributed by atoms with Gasteiger partial charge in [-0.15, -0.1) is 0 Å². The number of benzene rings is 2. The molecule has 5 rings (SSSR count). The molecule has 1 aliphatic rings. The second kappa shape index (κ2) is 10.7. The molecular formula is C29H27F6N5O2. The summed E-state index contributed by atoms with van der Waals surface area (Å²) in [7, 11) is 0. The summed E-state index contributed by atoms with van der Waals surface area (Å²) in [5.74, 6) is -3.95. The number of aliphatic hydroxyl groups is 1. The number of fused-ring (bicyclic) bond motifs is 1. The molecule has 2 aromatic carbocycles. The molecule has 1 aliphatic heterocycles. The highest BCUT2D eigenvalue weighted by Gasteiger charge is 2.41. The van der Waals surface area contributed by atoms with Gasteiger partial charge in [-0.3, -0.25) is 9.69 Å². The van der Waals surface area contributed by atoms with Crippen LogP contribution in [0.15, 0.2) is 42.6 Å². The summed E-state index contributed by atoms with van der Waals surface area (Å²) in [5.41, 5.74) is -1.75. The fourth-order valence-corrected chi connectivity index (χ4v) is 5.48. The lowest BCUT2D eigenvalue weighted by molar-refractivity contribution is -0.143. The zero-order valence-corrected chi connectivity index (χ0v) is 22.9. The van der Waals surface area contributed by atoms with Gasteiger partial charge in [0.25, 0.3) is 5.91 Å². The lowest BCUT2D eigenvalue weighted by Gasteiger charge is -2.47. The quantitative estimate of drug-likeness (QED) is 0.250. The highest BCUT2D eigenvalue weighted by molar-refractivity contribution is 6.00. The fraction of sp³-hybridized carbons (Fsp3) is 0.345. The maximum atomic E-state index is 14.3. The normalized spacial score (nSPS) is 15.9. The van der Waals surface area contributed by atoms with E-state index in [1.54, 1.807) is 43.0 Å². The Hall–Kier alpha value is -3.97. The van der Waals surface area contributed by atoms with Crippen LogP contribution in [0.5, 0.6) is 0 Å². The summed E-state index contributed by atoms with van der Waals surface area (Å²) in [6.07, 6.45) is -3.75. The minimum atomic E-state index is -4.81. The molecule has 222 valence electrons. The molecule has 1 fully saturated rings. The van der Waals surface area contributed by atoms with Gasteiger partial charge in [0.2, 0.25) is 0 Å². The summed E-state index contributed by atoms with van der Waals surface area (Å²) in [6.45, 7) is 4.93. The van der Waals surface area contributed by atoms with Crippen LogP contribution in [-0.4, -0.2) is 60.6 Å². The number of carbonyl (C=O) groups is 1. The van der Waals surface area contributed by atoms with Gasteiger partial charge in [-0.2, -0.15) is 18.3 Å². The average molecular weight is 592 g/mol. The first-order valence-corrected chi connectivity index (χ1v) is 13.0. The average Bonchev–Trinajstić information content (AvgIpc) is 3.32. The second-order valence-electron chi connectivity index (χ2n) is 10.9. The van der Waals surface area contributed by atoms with Crippen molar-refractivity contribution in [3.8, 4) is 11.3 Å². The van der Waals surface area contributed by atoms with Crippen molar-refractivity contribution in [1.82, 2.24) is 24.4 Å². The van der Waals surface area contributed by atoms with Gasteiger partial charge in [-0.05, 0) is 32.4 Å². The molecule has 1 saturated heterocycles. The van der Waals surface area contributed by atoms with Gasteiger partial charge in [0.1, 0.15) is 11.4 Å². The first-order valence-electron chi connectivity index (χ1n) is 13.0. The van der Waals surface area contributed by atoms with Crippen LogP contribution in [0.3, 0.4) is 0 Å². The summed E-state index contributed by atoms with van der Waals surface area (Å²) >= 11 is 0. The number of hydrogen-bond donors (Lipinski definition) is 1. The van der Waals surface area contributed by atoms with E-state index in [9.17, 15) is 36.2 Å². The van der Waals surface area contributed by atoms with Crippen molar-refractivity contribution < 1.29 is 36.2 Å². The van der Waals surface area contributed by atoms with E-state index >= 15 is 0 Å². The number of hydrogen-bond acceptors (Lipinski definition) is 5. The Morgan fingerprint density at radius 1 is 1.07 bits per heavy atom. The van der Waals surface area contributed by atoms with E-state index in [0.29, 0.717) is 21.7 Å². The minimum Gasteiger partial charge on any atom is -0.392 e. The minimum absolute atomic E-state index is 0.0160. The van der Waals surface area contributed by atoms with Crippen LogP contribution in [-0.2, 0) is 19.3 Å². The predicted molar refractivity (Wildman–Crippen MR) is 141 cm³/mol. The van der Waals surface area contributed by atoms with Crippen LogP contribution in [0.25, 0.3) is 16.9 Å². The highest BCUT2D eigenvalue weighted by Crippen LogP contribution is 2.37. The van der Waals surface area contributed by atoms with Crippen molar-refractivity contribution in [2.24, 2.45) is 0 Å². The summed E-state index contributed by atoms with van der Waals surface area (Å²) < 4.78 is 85.2. The van der Waals surface area contributed by atoms with Gasteiger partial charge in [0.05, 0.1) is 24.0 Å². The third-order valence-electron chi connectivity index (χ3n) is 7.48. The van der Waals surface area contributed by atoms with E-state index in [-0.39, 0.29) is 60.8 Å². The smallest absolute Gasteiger partial charge is 0.392 e. The van der Waals surface area contributed by atoms with Gasteiger partial charge in [-0.25, -0.2) is 22.7 Å². The highest BCUT2D eigenvalue weighted by atomic mass is 19.4. The summed E-state index contributed by atoms with van der Waals surface area (Å²) in [6, 6.07) is 7.62. The third-order valence-corrected chi connectivity index (χ3v) is 7.48. The molecule has 7 nitrogen and oxygen atoms in total. The van der Waals surface area contributed by atoms with Crippen molar-refractivity contribution in [2.75, 3.05) is 19.6 Å². The maximum absolute atomic E-state index is 14.3. The number of alkyl halides is 3. The summed E-state index contributed by atoms with van der Waals surface area (Å²) in [4.78, 5) is 21.5. The Balaban J connectivity index is 1.50. The molecule has 13 heteroatoms. The van der Waals surface area contributed by atoms with E-state index < -0.39 is 40.8 Å². The van der Waals surface area contributed by atoms with Crippen molar-refractivity contribution in [3.05, 3.63) is 88.0 Å². The van der Waals surface area contributed by atoms with Gasteiger partial charge in [0, 0.05) is 48.9 Å². The van der Waals surface area contributed by atoms with Crippen molar-refractivity contribution in [2.45, 2.75) is 45.6 Å². The predicted octanol–water partition coefficient (Wildman–Crippen LogP) is 5.37. The van der Waals surface area contributed by atoms with Gasteiger partial charge >= 0.3 is 6.18 Å². The van der Waals surface area contributed by atoms with Crippen LogP contribution in [0.4, 0.5) is 26.3 Å². The van der Waals surface area contributed by atoms with Gasteiger partial charge in [0.15, 0.2) is 23.0 Å². The van der Waals surface area contributed by atoms with Crippen LogP contribution in [0.2, 0.25) is 0 Å². The van der Waals surface area contributed by atoms with Crippen LogP contribution in [0.1, 0.15) is 46.6 Å². The molecule has 1 amide bonds. The molecule has 0 saturated carbocycles. The van der Waals surface area contributed by atoms with E-state index in [2.05, 4.69) is 10.1 Å². The first-order chi connectivity index (χ1) is 19.7. The Morgan fingerprint density at radius 3 is 2.38 bits per heavy atom. The Morgan fingerprint density at radius 2 is 1.76 bits per heavy atom. The zero-order chi connectivity index (χ0) is 30.6. The SMILES string of the molecule is Cc1c(-c2ccc(CO)cc2)nc2c(C(=O)N3CCN(Cc4cc(F)cc(F)c4F)CC3(C)C)cnn2c1C(F)(F)F. The number of rotatable bonds is 5. The van der Waals surface area contributed by atoms with Crippen molar-refractivity contribution in [3.63, 3.8) is 0 Å². The molecule has 0 unspecified atom stereocenters. The summed E-state index contributed by atoms with van der Waals surface area (Å²) in [5, 5.41) is 13.2. The standard InChI is InChI=1S/C29H27F6N5O2/c1-16-24(18-6-4-17(14-41)5-7-18)37-26-21(12-36-40(26)25(16)29(33,34)35)27(42)39-9-8-38(15-28(39,2)3)13-19-10-20(30)11-22(31)23(19)32/h4-7,10-12,41H,8-9,13-15H2,1-3H3. The maximum Gasteiger partial charge on any atom is 0.433 e. The molecular weight excluding hydrogens is 564 g/mol. The number of aliphatic hydroxyl groups excluding tert-OH is 1. The lowest BCUT2D eigenvalue weighted by atomic mass is 9.97. The zero-order valence-electron chi connectivity index (χ0n) is 22.9. The third kappa shape index (κ3) is 5.34. The second-order valence-corrected chi connectivity index (χ2v) is 10.9. The molecule has 3 heterocycles. The fourth-order valence-electron chi connectivity index (χ4n) is 5.48. The number of nitrogens with zero attached hydrogens (tertiary/aromatic N) is 5. The topological polar surface area (TPSA) is 74.0 Å². The number of amides is 1. The van der Waals surface area contributed by atoms with Crippen LogP contribution in [0, 0.1) is 24.4 Å². The molecule has 0 radical (unpaired) electrons. The molecule has 0 bridgehead atoms. The van der Waals surface area contributed by atoms with E-state index in [1.807, 2.05) is 0 Å². The van der Waals surface area contributed by atoms with Gasteiger partial charge < -0.3 is 10.0 Å². The Bertz CT molecular complexity index is 1670. The number of aromatic nitrogens is 3. The first kappa shape index (κ1) is 29.5. The molecule has 1 N–H and O–H groups in total. The Kier molecular flexibility index (Phi) is 7.52. The number of halogens is 6. The van der Waals surface area contributed by atoms with Crippen molar-refractivity contribution >= 4 is 11.6 Å². The molecule has 0 aliphatic carbocycles. The van der Waals surface area contributed by atoms with Crippen molar-refractivity contribution in [1.29, 1.82) is 0 Å². The van der Waals surface area contributed by atoms with E-state index in [1.165, 1.54) is 11.8 Å². The monoisotopic (exact) mass is 591 g/mol. The Labute approximate surface area is 237 Å².